The van der Waals surface area contributed by atoms with Gasteiger partial charge in [0, 0.05) is 39.3 Å². The van der Waals surface area contributed by atoms with Gasteiger partial charge in [0.05, 0.1) is 12.7 Å². The molecule has 1 heterocycles. The van der Waals surface area contributed by atoms with Gasteiger partial charge in [-0.1, -0.05) is 0 Å². The molecule has 0 saturated carbocycles. The normalized spacial score (nSPS) is 21.1. The van der Waals surface area contributed by atoms with Crippen molar-refractivity contribution in [3.63, 3.8) is 0 Å². The Bertz CT molecular complexity index is 269. The van der Waals surface area contributed by atoms with Crippen LogP contribution in [0.4, 0.5) is 13.2 Å². The third kappa shape index (κ3) is 4.50. The standard InChI is InChI=1S/C10H16F3N3O/c11-10(12,13)9(7-14)8-16-3-1-15(2-4-16)5-6-17/h9,17H,1-6,8H2. The number of hydrogen-bond acceptors (Lipinski definition) is 4. The summed E-state index contributed by atoms with van der Waals surface area (Å²) in [6.07, 6.45) is -4.45. The predicted molar refractivity (Wildman–Crippen MR) is 55.1 cm³/mol. The van der Waals surface area contributed by atoms with Gasteiger partial charge in [0.2, 0.25) is 0 Å². The van der Waals surface area contributed by atoms with E-state index in [1.54, 1.807) is 4.90 Å². The minimum Gasteiger partial charge on any atom is -0.395 e. The summed E-state index contributed by atoms with van der Waals surface area (Å²) in [5, 5.41) is 17.2. The number of alkyl halides is 3. The molecule has 1 rings (SSSR count). The number of piperazine rings is 1. The molecule has 0 spiro atoms. The van der Waals surface area contributed by atoms with E-state index in [9.17, 15) is 13.2 Å². The quantitative estimate of drug-likeness (QED) is 0.780. The second-order valence-electron chi connectivity index (χ2n) is 4.09. The molecule has 17 heavy (non-hydrogen) atoms. The molecule has 98 valence electrons. The molecule has 1 aliphatic heterocycles. The van der Waals surface area contributed by atoms with Crippen LogP contribution in [0.3, 0.4) is 0 Å². The van der Waals surface area contributed by atoms with Gasteiger partial charge in [-0.05, 0) is 0 Å². The highest BCUT2D eigenvalue weighted by atomic mass is 19.4. The summed E-state index contributed by atoms with van der Waals surface area (Å²) in [4.78, 5) is 3.64. The Morgan fingerprint density at radius 2 is 1.71 bits per heavy atom. The van der Waals surface area contributed by atoms with Crippen molar-refractivity contribution in [2.24, 2.45) is 5.92 Å². The van der Waals surface area contributed by atoms with Crippen molar-refractivity contribution in [3.8, 4) is 6.07 Å². The van der Waals surface area contributed by atoms with Crippen LogP contribution in [0.15, 0.2) is 0 Å². The molecule has 0 aromatic rings. The molecule has 0 aromatic heterocycles. The van der Waals surface area contributed by atoms with Crippen LogP contribution in [0, 0.1) is 17.2 Å². The van der Waals surface area contributed by atoms with Gasteiger partial charge in [-0.2, -0.15) is 18.4 Å². The number of aliphatic hydroxyl groups excluding tert-OH is 1. The van der Waals surface area contributed by atoms with Gasteiger partial charge in [-0.3, -0.25) is 9.80 Å². The van der Waals surface area contributed by atoms with Crippen LogP contribution < -0.4 is 0 Å². The van der Waals surface area contributed by atoms with Crippen LogP contribution in [0.1, 0.15) is 0 Å². The zero-order valence-electron chi connectivity index (χ0n) is 9.45. The van der Waals surface area contributed by atoms with E-state index >= 15 is 0 Å². The molecule has 0 radical (unpaired) electrons. The van der Waals surface area contributed by atoms with Gasteiger partial charge in [0.25, 0.3) is 0 Å². The zero-order valence-corrected chi connectivity index (χ0v) is 9.45. The Labute approximate surface area is 98.2 Å². The maximum absolute atomic E-state index is 12.4. The fraction of sp³-hybridized carbons (Fsp3) is 0.900. The van der Waals surface area contributed by atoms with E-state index in [0.717, 1.165) is 0 Å². The number of nitriles is 1. The minimum absolute atomic E-state index is 0.0589. The lowest BCUT2D eigenvalue weighted by Crippen LogP contribution is -2.49. The molecule has 1 N–H and O–H groups in total. The Balaban J connectivity index is 2.37. The van der Waals surface area contributed by atoms with Crippen LogP contribution in [-0.4, -0.2) is 67.0 Å². The molecule has 0 aliphatic carbocycles. The lowest BCUT2D eigenvalue weighted by atomic mass is 10.1. The van der Waals surface area contributed by atoms with Crippen molar-refractivity contribution in [1.29, 1.82) is 5.26 Å². The summed E-state index contributed by atoms with van der Waals surface area (Å²) in [5.74, 6) is -1.91. The first-order valence-corrected chi connectivity index (χ1v) is 5.49. The zero-order chi connectivity index (χ0) is 12.9. The first-order chi connectivity index (χ1) is 7.97. The second-order valence-corrected chi connectivity index (χ2v) is 4.09. The van der Waals surface area contributed by atoms with Crippen molar-refractivity contribution < 1.29 is 18.3 Å². The number of hydrogen-bond donors (Lipinski definition) is 1. The van der Waals surface area contributed by atoms with Crippen molar-refractivity contribution in [2.45, 2.75) is 6.18 Å². The van der Waals surface area contributed by atoms with E-state index in [1.807, 2.05) is 4.90 Å². The lowest BCUT2D eigenvalue weighted by Gasteiger charge is -2.35. The average molecular weight is 251 g/mol. The number of aliphatic hydroxyl groups is 1. The topological polar surface area (TPSA) is 50.5 Å². The Morgan fingerprint density at radius 3 is 2.12 bits per heavy atom. The third-order valence-electron chi connectivity index (χ3n) is 2.87. The van der Waals surface area contributed by atoms with E-state index in [-0.39, 0.29) is 13.2 Å². The molecule has 1 fully saturated rings. The highest BCUT2D eigenvalue weighted by Gasteiger charge is 2.41. The molecule has 1 atom stereocenters. The monoisotopic (exact) mass is 251 g/mol. The van der Waals surface area contributed by atoms with Gasteiger partial charge in [0.15, 0.2) is 5.92 Å². The van der Waals surface area contributed by atoms with E-state index in [2.05, 4.69) is 0 Å². The number of rotatable bonds is 4. The molecule has 0 amide bonds. The predicted octanol–water partition coefficient (Wildman–Crippen LogP) is 0.298. The molecule has 1 saturated heterocycles. The number of halogens is 3. The third-order valence-corrected chi connectivity index (χ3v) is 2.87. The van der Waals surface area contributed by atoms with Gasteiger partial charge >= 0.3 is 6.18 Å². The molecule has 1 unspecified atom stereocenters. The number of nitrogens with zero attached hydrogens (tertiary/aromatic N) is 3. The fourth-order valence-electron chi connectivity index (χ4n) is 1.81. The fourth-order valence-corrected chi connectivity index (χ4v) is 1.81. The van der Waals surface area contributed by atoms with Crippen LogP contribution >= 0.6 is 0 Å². The summed E-state index contributed by atoms with van der Waals surface area (Å²) in [6.45, 7) is 2.64. The lowest BCUT2D eigenvalue weighted by molar-refractivity contribution is -0.164. The van der Waals surface area contributed by atoms with Gasteiger partial charge in [-0.25, -0.2) is 0 Å². The summed E-state index contributed by atoms with van der Waals surface area (Å²) in [7, 11) is 0. The van der Waals surface area contributed by atoms with Crippen molar-refractivity contribution >= 4 is 0 Å². The summed E-state index contributed by atoms with van der Waals surface area (Å²) < 4.78 is 37.1. The molecule has 0 bridgehead atoms. The van der Waals surface area contributed by atoms with E-state index < -0.39 is 12.1 Å². The summed E-state index contributed by atoms with van der Waals surface area (Å²) in [5.41, 5.74) is 0. The van der Waals surface area contributed by atoms with Gasteiger partial charge < -0.3 is 5.11 Å². The van der Waals surface area contributed by atoms with Gasteiger partial charge in [0.1, 0.15) is 0 Å². The minimum atomic E-state index is -4.45. The molecule has 7 heteroatoms. The Hall–Kier alpha value is -0.840. The van der Waals surface area contributed by atoms with Crippen LogP contribution in [-0.2, 0) is 0 Å². The first-order valence-electron chi connectivity index (χ1n) is 5.49. The van der Waals surface area contributed by atoms with Crippen molar-refractivity contribution in [3.05, 3.63) is 0 Å². The van der Waals surface area contributed by atoms with Crippen LogP contribution in [0.2, 0.25) is 0 Å². The summed E-state index contributed by atoms with van der Waals surface area (Å²) >= 11 is 0. The molecular weight excluding hydrogens is 235 g/mol. The molecule has 4 nitrogen and oxygen atoms in total. The van der Waals surface area contributed by atoms with E-state index in [4.69, 9.17) is 10.4 Å². The van der Waals surface area contributed by atoms with E-state index in [0.29, 0.717) is 32.7 Å². The summed E-state index contributed by atoms with van der Waals surface area (Å²) in [6, 6.07) is 1.31. The Kier molecular flexibility index (Phi) is 5.18. The van der Waals surface area contributed by atoms with Crippen LogP contribution in [0.25, 0.3) is 0 Å². The van der Waals surface area contributed by atoms with Crippen molar-refractivity contribution in [2.75, 3.05) is 45.9 Å². The van der Waals surface area contributed by atoms with E-state index in [1.165, 1.54) is 6.07 Å². The maximum Gasteiger partial charge on any atom is 0.405 e. The smallest absolute Gasteiger partial charge is 0.395 e. The molecule has 1 aliphatic rings. The molecule has 0 aromatic carbocycles. The largest absolute Gasteiger partial charge is 0.405 e. The van der Waals surface area contributed by atoms with Crippen LogP contribution in [0.5, 0.6) is 0 Å². The highest BCUT2D eigenvalue weighted by Crippen LogP contribution is 2.26. The SMILES string of the molecule is N#CC(CN1CCN(CCO)CC1)C(F)(F)F. The second kappa shape index (κ2) is 6.19. The number of β-amino-alcohol motifs (C(OH)–C–C–N with tert-alkyl or cyclic N) is 1. The molecular formula is C10H16F3N3O. The van der Waals surface area contributed by atoms with Crippen molar-refractivity contribution in [1.82, 2.24) is 9.80 Å². The average Bonchev–Trinajstić information content (AvgIpc) is 2.27. The highest BCUT2D eigenvalue weighted by molar-refractivity contribution is 4.91. The maximum atomic E-state index is 12.4. The first kappa shape index (κ1) is 14.2. The van der Waals surface area contributed by atoms with Gasteiger partial charge in [-0.15, -0.1) is 0 Å². The Morgan fingerprint density at radius 1 is 1.18 bits per heavy atom.